The van der Waals surface area contributed by atoms with Gasteiger partial charge in [-0.15, -0.1) is 0 Å². The number of rotatable bonds is 9. The van der Waals surface area contributed by atoms with Gasteiger partial charge in [0.05, 0.1) is 28.2 Å². The molecule has 232 valence electrons. The van der Waals surface area contributed by atoms with Crippen molar-refractivity contribution >= 4 is 38.7 Å². The Labute approximate surface area is 266 Å². The van der Waals surface area contributed by atoms with Crippen molar-refractivity contribution in [3.8, 4) is 5.75 Å². The van der Waals surface area contributed by atoms with E-state index in [-0.39, 0.29) is 16.1 Å². The molecule has 1 heterocycles. The molecule has 0 fully saturated rings. The average molecular weight is 635 g/mol. The Morgan fingerprint density at radius 1 is 0.870 bits per heavy atom. The van der Waals surface area contributed by atoms with E-state index in [1.54, 1.807) is 47.4 Å². The van der Waals surface area contributed by atoms with Crippen LogP contribution in [0.2, 0.25) is 0 Å². The van der Waals surface area contributed by atoms with E-state index in [9.17, 15) is 23.3 Å². The lowest BCUT2D eigenvalue weighted by atomic mass is 9.98. The first-order valence-corrected chi connectivity index (χ1v) is 15.9. The second kappa shape index (κ2) is 12.4. The fourth-order valence-corrected chi connectivity index (χ4v) is 6.62. The number of methoxy groups -OCH3 is 1. The zero-order valence-corrected chi connectivity index (χ0v) is 25.8. The predicted octanol–water partition coefficient (Wildman–Crippen LogP) is 7.08. The van der Waals surface area contributed by atoms with Gasteiger partial charge < -0.3 is 9.64 Å². The standard InChI is InChI=1S/C35H30N4O6S/c1-24-11-15-28(16-12-24)38-34(26-9-6-10-29(21-26)39(41)42)37(23-25-7-4-3-5-8-25)33-20-19-31(22-32(33)35(38)40)46(43,44)36-27-13-17-30(45-2)18-14-27/h3-22,34,36H,23H2,1-2H3/t34-/m0/s1. The molecule has 0 radical (unpaired) electrons. The molecular weight excluding hydrogens is 604 g/mol. The zero-order chi connectivity index (χ0) is 32.4. The lowest BCUT2D eigenvalue weighted by molar-refractivity contribution is -0.384. The van der Waals surface area contributed by atoms with Gasteiger partial charge in [-0.05, 0) is 67.1 Å². The summed E-state index contributed by atoms with van der Waals surface area (Å²) in [6.45, 7) is 2.26. The van der Waals surface area contributed by atoms with Gasteiger partial charge in [-0.25, -0.2) is 8.42 Å². The van der Waals surface area contributed by atoms with E-state index < -0.39 is 27.0 Å². The van der Waals surface area contributed by atoms with Crippen molar-refractivity contribution in [1.29, 1.82) is 0 Å². The number of benzene rings is 5. The highest BCUT2D eigenvalue weighted by molar-refractivity contribution is 7.92. The molecule has 0 saturated carbocycles. The Bertz CT molecular complexity index is 2020. The number of anilines is 3. The minimum Gasteiger partial charge on any atom is -0.497 e. The fourth-order valence-electron chi connectivity index (χ4n) is 5.53. The summed E-state index contributed by atoms with van der Waals surface area (Å²) in [5.41, 5.74) is 3.91. The molecule has 0 aromatic heterocycles. The highest BCUT2D eigenvalue weighted by atomic mass is 32.2. The monoisotopic (exact) mass is 634 g/mol. The number of nitrogens with one attached hydrogen (secondary N) is 1. The second-order valence-corrected chi connectivity index (χ2v) is 12.5. The van der Waals surface area contributed by atoms with Crippen LogP contribution in [0.4, 0.5) is 22.7 Å². The minimum atomic E-state index is -4.09. The van der Waals surface area contributed by atoms with E-state index in [0.29, 0.717) is 34.9 Å². The maximum absolute atomic E-state index is 14.5. The van der Waals surface area contributed by atoms with Crippen molar-refractivity contribution in [3.63, 3.8) is 0 Å². The first-order chi connectivity index (χ1) is 22.1. The molecule has 46 heavy (non-hydrogen) atoms. The van der Waals surface area contributed by atoms with Crippen molar-refractivity contribution < 1.29 is 22.9 Å². The molecule has 0 saturated heterocycles. The van der Waals surface area contributed by atoms with Crippen LogP contribution < -0.4 is 19.3 Å². The Morgan fingerprint density at radius 3 is 2.26 bits per heavy atom. The van der Waals surface area contributed by atoms with E-state index in [0.717, 1.165) is 11.1 Å². The number of carbonyl (C=O) groups is 1. The Balaban J connectivity index is 1.52. The normalized spacial score (nSPS) is 14.5. The maximum atomic E-state index is 14.5. The van der Waals surface area contributed by atoms with Gasteiger partial charge in [-0.3, -0.25) is 24.5 Å². The van der Waals surface area contributed by atoms with Crippen molar-refractivity contribution in [2.24, 2.45) is 0 Å². The van der Waals surface area contributed by atoms with Gasteiger partial charge in [0, 0.05) is 35.6 Å². The van der Waals surface area contributed by atoms with Crippen LogP contribution in [0.15, 0.2) is 126 Å². The first-order valence-electron chi connectivity index (χ1n) is 14.4. The lowest BCUT2D eigenvalue weighted by Gasteiger charge is -2.46. The van der Waals surface area contributed by atoms with Crippen LogP contribution in [0.3, 0.4) is 0 Å². The summed E-state index contributed by atoms with van der Waals surface area (Å²) in [5, 5.41) is 11.8. The summed E-state index contributed by atoms with van der Waals surface area (Å²) < 4.78 is 34.8. The summed E-state index contributed by atoms with van der Waals surface area (Å²) in [6, 6.07) is 34.2. The highest BCUT2D eigenvalue weighted by Gasteiger charge is 2.40. The van der Waals surface area contributed by atoms with Gasteiger partial charge in [-0.1, -0.05) is 60.2 Å². The van der Waals surface area contributed by atoms with Gasteiger partial charge in [0.1, 0.15) is 11.9 Å². The van der Waals surface area contributed by atoms with Gasteiger partial charge in [0.15, 0.2) is 0 Å². The van der Waals surface area contributed by atoms with E-state index >= 15 is 0 Å². The van der Waals surface area contributed by atoms with Crippen LogP contribution in [-0.4, -0.2) is 26.4 Å². The largest absolute Gasteiger partial charge is 0.497 e. The van der Waals surface area contributed by atoms with Gasteiger partial charge in [0.25, 0.3) is 21.6 Å². The third kappa shape index (κ3) is 6.00. The smallest absolute Gasteiger partial charge is 0.269 e. The molecule has 10 nitrogen and oxygen atoms in total. The molecule has 0 bridgehead atoms. The molecule has 1 aliphatic heterocycles. The lowest BCUT2D eigenvalue weighted by Crippen LogP contribution is -2.49. The molecule has 0 spiro atoms. The van der Waals surface area contributed by atoms with Crippen LogP contribution in [0, 0.1) is 17.0 Å². The first kappa shape index (κ1) is 30.4. The average Bonchev–Trinajstić information content (AvgIpc) is 3.07. The number of hydrogen-bond acceptors (Lipinski definition) is 7. The number of non-ortho nitro benzene ring substituents is 1. The van der Waals surface area contributed by atoms with Crippen LogP contribution in [-0.2, 0) is 16.6 Å². The number of amides is 1. The van der Waals surface area contributed by atoms with E-state index in [2.05, 4.69) is 4.72 Å². The number of fused-ring (bicyclic) bond motifs is 1. The van der Waals surface area contributed by atoms with E-state index in [1.165, 1.54) is 31.4 Å². The summed E-state index contributed by atoms with van der Waals surface area (Å²) >= 11 is 0. The summed E-state index contributed by atoms with van der Waals surface area (Å²) in [7, 11) is -2.57. The third-order valence-corrected chi connectivity index (χ3v) is 9.19. The Hall–Kier alpha value is -5.68. The molecule has 1 amide bonds. The topological polar surface area (TPSA) is 122 Å². The van der Waals surface area contributed by atoms with E-state index in [4.69, 9.17) is 4.74 Å². The number of hydrogen-bond donors (Lipinski definition) is 1. The van der Waals surface area contributed by atoms with Crippen LogP contribution in [0.1, 0.15) is 33.2 Å². The number of sulfonamides is 1. The fraction of sp³-hybridized carbons (Fsp3) is 0.114. The Kier molecular flexibility index (Phi) is 8.16. The molecule has 1 aliphatic rings. The minimum absolute atomic E-state index is 0.0901. The number of aryl methyl sites for hydroxylation is 1. The van der Waals surface area contributed by atoms with Crippen LogP contribution in [0.25, 0.3) is 0 Å². The number of nitrogens with zero attached hydrogens (tertiary/aromatic N) is 3. The second-order valence-electron chi connectivity index (χ2n) is 10.9. The predicted molar refractivity (Wildman–Crippen MR) is 177 cm³/mol. The summed E-state index contributed by atoms with van der Waals surface area (Å²) in [6.07, 6.45) is -0.789. The quantitative estimate of drug-likeness (QED) is 0.136. The maximum Gasteiger partial charge on any atom is 0.269 e. The number of carbonyl (C=O) groups excluding carboxylic acids is 1. The number of nitro groups is 1. The molecule has 1 atom stereocenters. The molecule has 6 rings (SSSR count). The van der Waals surface area contributed by atoms with Crippen LogP contribution in [0.5, 0.6) is 5.75 Å². The van der Waals surface area contributed by atoms with Crippen molar-refractivity contribution in [1.82, 2.24) is 0 Å². The zero-order valence-electron chi connectivity index (χ0n) is 25.0. The molecule has 11 heteroatoms. The number of ether oxygens (including phenoxy) is 1. The third-order valence-electron chi connectivity index (χ3n) is 7.81. The van der Waals surface area contributed by atoms with Crippen molar-refractivity contribution in [2.45, 2.75) is 24.5 Å². The summed E-state index contributed by atoms with van der Waals surface area (Å²) in [5.74, 6) is 0.136. The molecular formula is C35H30N4O6S. The molecule has 5 aromatic rings. The molecule has 0 aliphatic carbocycles. The van der Waals surface area contributed by atoms with E-state index in [1.807, 2.05) is 66.4 Å². The highest BCUT2D eigenvalue weighted by Crippen LogP contribution is 2.43. The van der Waals surface area contributed by atoms with Gasteiger partial charge in [0.2, 0.25) is 0 Å². The molecule has 1 N–H and O–H groups in total. The van der Waals surface area contributed by atoms with Crippen LogP contribution >= 0.6 is 0 Å². The van der Waals surface area contributed by atoms with Gasteiger partial charge in [-0.2, -0.15) is 0 Å². The van der Waals surface area contributed by atoms with Crippen molar-refractivity contribution in [3.05, 3.63) is 154 Å². The SMILES string of the molecule is COc1ccc(NS(=O)(=O)c2ccc3c(c2)C(=O)N(c2ccc(C)cc2)[C@@H](c2cccc([N+](=O)[O-])c2)N3Cc2ccccc2)cc1. The van der Waals surface area contributed by atoms with Gasteiger partial charge >= 0.3 is 0 Å². The molecule has 0 unspecified atom stereocenters. The Morgan fingerprint density at radius 2 is 1.59 bits per heavy atom. The van der Waals surface area contributed by atoms with Crippen molar-refractivity contribution in [2.75, 3.05) is 21.6 Å². The summed E-state index contributed by atoms with van der Waals surface area (Å²) in [4.78, 5) is 29.3. The molecule has 5 aromatic carbocycles. The number of nitro benzene ring substituents is 1.